The van der Waals surface area contributed by atoms with Crippen molar-refractivity contribution in [2.24, 2.45) is 23.2 Å². The number of aromatic nitrogens is 1. The fourth-order valence-electron chi connectivity index (χ4n) is 8.13. The Balaban J connectivity index is 0.000000764. The number of allylic oxidation sites excluding steroid dienone is 1. The molecule has 0 spiro atoms. The largest absolute Gasteiger partial charge is 0.393 e. The monoisotopic (exact) mass is 462 g/mol. The average molecular weight is 463 g/mol. The maximum Gasteiger partial charge on any atom is 0.0890 e. The van der Waals surface area contributed by atoms with Crippen molar-refractivity contribution in [3.63, 3.8) is 0 Å². The van der Waals surface area contributed by atoms with Gasteiger partial charge in [0.2, 0.25) is 0 Å². The molecule has 3 N–H and O–H groups in total. The summed E-state index contributed by atoms with van der Waals surface area (Å²) in [5.74, 6) is 2.05. The number of rotatable bonds is 1. The minimum atomic E-state index is -0.650. The first-order chi connectivity index (χ1) is 16.4. The molecule has 6 rings (SSSR count). The van der Waals surface area contributed by atoms with E-state index in [-0.39, 0.29) is 11.5 Å². The lowest BCUT2D eigenvalue weighted by Crippen LogP contribution is -2.49. The highest BCUT2D eigenvalue weighted by molar-refractivity contribution is 5.82. The van der Waals surface area contributed by atoms with Crippen molar-refractivity contribution >= 4 is 10.8 Å². The van der Waals surface area contributed by atoms with Gasteiger partial charge >= 0.3 is 0 Å². The van der Waals surface area contributed by atoms with Crippen molar-refractivity contribution in [1.82, 2.24) is 10.3 Å². The molecule has 0 radical (unpaired) electrons. The average Bonchev–Trinajstić information content (AvgIpc) is 3.11. The van der Waals surface area contributed by atoms with Crippen LogP contribution in [-0.4, -0.2) is 41.0 Å². The Morgan fingerprint density at radius 2 is 1.82 bits per heavy atom. The lowest BCUT2D eigenvalue weighted by atomic mass is 9.57. The van der Waals surface area contributed by atoms with E-state index in [1.165, 1.54) is 21.9 Å². The Kier molecular flexibility index (Phi) is 6.60. The first-order valence-electron chi connectivity index (χ1n) is 13.4. The Morgan fingerprint density at radius 1 is 1.00 bits per heavy atom. The van der Waals surface area contributed by atoms with Crippen molar-refractivity contribution in [1.29, 1.82) is 0 Å². The molecule has 1 aromatic heterocycles. The van der Waals surface area contributed by atoms with Crippen molar-refractivity contribution in [3.8, 4) is 0 Å². The van der Waals surface area contributed by atoms with E-state index in [2.05, 4.69) is 47.6 Å². The van der Waals surface area contributed by atoms with Gasteiger partial charge in [0.15, 0.2) is 0 Å². The molecular weight excluding hydrogens is 420 g/mol. The third-order valence-electron chi connectivity index (χ3n) is 9.81. The van der Waals surface area contributed by atoms with E-state index in [0.717, 1.165) is 57.8 Å². The van der Waals surface area contributed by atoms with Crippen LogP contribution >= 0.6 is 0 Å². The number of pyridine rings is 1. The van der Waals surface area contributed by atoms with Gasteiger partial charge in [0.25, 0.3) is 0 Å². The van der Waals surface area contributed by atoms with Crippen molar-refractivity contribution < 1.29 is 10.2 Å². The van der Waals surface area contributed by atoms with Crippen molar-refractivity contribution in [3.05, 3.63) is 53.9 Å². The molecule has 4 heteroatoms. The van der Waals surface area contributed by atoms with Gasteiger partial charge in [-0.15, -0.1) is 0 Å². The van der Waals surface area contributed by atoms with Crippen LogP contribution in [0.3, 0.4) is 0 Å². The summed E-state index contributed by atoms with van der Waals surface area (Å²) in [6.07, 6.45) is 15.5. The van der Waals surface area contributed by atoms with E-state index in [4.69, 9.17) is 0 Å². The number of benzene rings is 1. The molecule has 4 nitrogen and oxygen atoms in total. The van der Waals surface area contributed by atoms with Crippen LogP contribution in [0.15, 0.2) is 48.3 Å². The summed E-state index contributed by atoms with van der Waals surface area (Å²) in [5, 5.41) is 27.7. The number of aliphatic hydroxyl groups is 2. The fraction of sp³-hybridized carbons (Fsp3) is 0.633. The zero-order chi connectivity index (χ0) is 23.9. The van der Waals surface area contributed by atoms with E-state index in [0.29, 0.717) is 23.7 Å². The van der Waals surface area contributed by atoms with Gasteiger partial charge in [0.05, 0.1) is 11.7 Å². The van der Waals surface area contributed by atoms with E-state index in [9.17, 15) is 10.2 Å². The van der Waals surface area contributed by atoms with Gasteiger partial charge in [-0.1, -0.05) is 25.1 Å². The van der Waals surface area contributed by atoms with Crippen LogP contribution in [0.4, 0.5) is 0 Å². The third kappa shape index (κ3) is 4.02. The molecule has 0 saturated heterocycles. The maximum absolute atomic E-state index is 12.2. The van der Waals surface area contributed by atoms with Crippen molar-refractivity contribution in [2.75, 3.05) is 14.1 Å². The Bertz CT molecular complexity index is 1050. The quantitative estimate of drug-likeness (QED) is 0.483. The number of aliphatic hydroxyl groups excluding tert-OH is 1. The molecule has 3 fully saturated rings. The zero-order valence-corrected chi connectivity index (χ0v) is 21.1. The van der Waals surface area contributed by atoms with Gasteiger partial charge in [-0.3, -0.25) is 4.98 Å². The number of hydrogen-bond acceptors (Lipinski definition) is 4. The molecule has 0 aliphatic heterocycles. The third-order valence-corrected chi connectivity index (χ3v) is 9.81. The zero-order valence-electron chi connectivity index (χ0n) is 21.1. The Morgan fingerprint density at radius 3 is 2.65 bits per heavy atom. The second kappa shape index (κ2) is 9.37. The van der Waals surface area contributed by atoms with Gasteiger partial charge < -0.3 is 15.5 Å². The van der Waals surface area contributed by atoms with E-state index >= 15 is 0 Å². The van der Waals surface area contributed by atoms with Gasteiger partial charge in [0.1, 0.15) is 0 Å². The lowest BCUT2D eigenvalue weighted by Gasteiger charge is -2.50. The SMILES string of the molecule is CC12CC=C3CC4CC(O)CCC4CC[C@]3(O)C1CCC2c1ccc2ccncc2c1.CNC. The summed E-state index contributed by atoms with van der Waals surface area (Å²) < 4.78 is 0. The first-order valence-corrected chi connectivity index (χ1v) is 13.4. The summed E-state index contributed by atoms with van der Waals surface area (Å²) in [7, 11) is 3.75. The predicted octanol–water partition coefficient (Wildman–Crippen LogP) is 5.59. The molecule has 1 heterocycles. The van der Waals surface area contributed by atoms with Gasteiger partial charge in [-0.25, -0.2) is 0 Å². The molecule has 6 unspecified atom stereocenters. The second-order valence-corrected chi connectivity index (χ2v) is 11.8. The number of fused-ring (bicyclic) bond motifs is 5. The Hall–Kier alpha value is -1.75. The molecule has 2 aromatic rings. The van der Waals surface area contributed by atoms with Crippen LogP contribution in [0.5, 0.6) is 0 Å². The summed E-state index contributed by atoms with van der Waals surface area (Å²) in [6.45, 7) is 2.44. The lowest BCUT2D eigenvalue weighted by molar-refractivity contribution is -0.0501. The minimum Gasteiger partial charge on any atom is -0.393 e. The van der Waals surface area contributed by atoms with Crippen LogP contribution in [-0.2, 0) is 0 Å². The van der Waals surface area contributed by atoms with Gasteiger partial charge in [-0.05, 0) is 130 Å². The van der Waals surface area contributed by atoms with Crippen LogP contribution in [0, 0.1) is 23.2 Å². The second-order valence-electron chi connectivity index (χ2n) is 11.8. The van der Waals surface area contributed by atoms with E-state index in [1.807, 2.05) is 26.5 Å². The standard InChI is InChI=1S/C28H35NO2.C2H7N/c1-27-11-9-23-15-21-16-24(30)5-4-18(21)8-12-28(23,31)26(27)7-6-25(27)20-3-2-19-10-13-29-17-22(19)14-20;1-3-2/h2-3,9-10,13-14,17-18,21,24-26,30-31H,4-8,11-12,15-16H2,1H3;3H,1-2H3/t18?,21?,24?,25?,26?,27?,28-;/m1./s1. The molecular formula is C30H42N2O2. The molecule has 0 amide bonds. The highest BCUT2D eigenvalue weighted by atomic mass is 16.3. The number of nitrogens with one attached hydrogen (secondary N) is 1. The van der Waals surface area contributed by atoms with Crippen LogP contribution in [0.2, 0.25) is 0 Å². The molecule has 4 aliphatic carbocycles. The summed E-state index contributed by atoms with van der Waals surface area (Å²) in [6, 6.07) is 8.97. The molecule has 3 saturated carbocycles. The number of hydrogen-bond donors (Lipinski definition) is 3. The van der Waals surface area contributed by atoms with E-state index < -0.39 is 5.60 Å². The summed E-state index contributed by atoms with van der Waals surface area (Å²) in [5.41, 5.74) is 2.17. The van der Waals surface area contributed by atoms with Gasteiger partial charge in [-0.2, -0.15) is 0 Å². The minimum absolute atomic E-state index is 0.100. The van der Waals surface area contributed by atoms with E-state index in [1.54, 1.807) is 0 Å². The van der Waals surface area contributed by atoms with Crippen molar-refractivity contribution in [2.45, 2.75) is 82.3 Å². The van der Waals surface area contributed by atoms with Gasteiger partial charge in [0, 0.05) is 17.8 Å². The summed E-state index contributed by atoms with van der Waals surface area (Å²) >= 11 is 0. The van der Waals surface area contributed by atoms with Crippen LogP contribution in [0.1, 0.15) is 76.2 Å². The smallest absolute Gasteiger partial charge is 0.0890 e. The highest BCUT2D eigenvalue weighted by Gasteiger charge is 2.59. The molecule has 0 bridgehead atoms. The normalized spacial score (nSPS) is 39.1. The molecule has 7 atom stereocenters. The number of nitrogens with zero attached hydrogens (tertiary/aromatic N) is 1. The first kappa shape index (κ1) is 24.0. The molecule has 34 heavy (non-hydrogen) atoms. The summed E-state index contributed by atoms with van der Waals surface area (Å²) in [4.78, 5) is 4.33. The fourth-order valence-corrected chi connectivity index (χ4v) is 8.13. The molecule has 4 aliphatic rings. The van der Waals surface area contributed by atoms with Crippen LogP contribution < -0.4 is 5.32 Å². The Labute approximate surface area is 204 Å². The maximum atomic E-state index is 12.2. The molecule has 1 aromatic carbocycles. The van der Waals surface area contributed by atoms with Crippen LogP contribution in [0.25, 0.3) is 10.8 Å². The topological polar surface area (TPSA) is 65.4 Å². The molecule has 184 valence electrons. The predicted molar refractivity (Wildman–Crippen MR) is 139 cm³/mol. The highest BCUT2D eigenvalue weighted by Crippen LogP contribution is 2.64.